The fraction of sp³-hybridized carbons (Fsp3) is 0.250. The third-order valence-corrected chi connectivity index (χ3v) is 5.02. The SMILES string of the molecule is C=CCOc1ccc(C(O)=C2C(=O)C(=O)N(CCN(C)C)[C@H]2c2ccccc2F)cc1. The summed E-state index contributed by atoms with van der Waals surface area (Å²) in [6.07, 6.45) is 1.61. The molecule has 2 aromatic rings. The van der Waals surface area contributed by atoms with Crippen LogP contribution in [0, 0.1) is 5.82 Å². The van der Waals surface area contributed by atoms with Gasteiger partial charge in [0.05, 0.1) is 11.6 Å². The lowest BCUT2D eigenvalue weighted by Gasteiger charge is -2.26. The van der Waals surface area contributed by atoms with E-state index in [0.717, 1.165) is 0 Å². The number of benzene rings is 2. The molecule has 1 aliphatic heterocycles. The van der Waals surface area contributed by atoms with Crippen LogP contribution >= 0.6 is 0 Å². The Bertz CT molecular complexity index is 1010. The second kappa shape index (κ2) is 9.57. The van der Waals surface area contributed by atoms with Gasteiger partial charge in [0.15, 0.2) is 0 Å². The maximum Gasteiger partial charge on any atom is 0.295 e. The highest BCUT2D eigenvalue weighted by molar-refractivity contribution is 6.46. The smallest absolute Gasteiger partial charge is 0.295 e. The predicted molar refractivity (Wildman–Crippen MR) is 116 cm³/mol. The van der Waals surface area contributed by atoms with Crippen molar-refractivity contribution in [2.45, 2.75) is 6.04 Å². The molecule has 7 heteroatoms. The van der Waals surface area contributed by atoms with Crippen LogP contribution in [0.25, 0.3) is 5.76 Å². The first-order chi connectivity index (χ1) is 14.8. The number of hydrogen-bond donors (Lipinski definition) is 1. The highest BCUT2D eigenvalue weighted by atomic mass is 19.1. The number of rotatable bonds is 8. The molecule has 0 bridgehead atoms. The first-order valence-electron chi connectivity index (χ1n) is 9.86. The summed E-state index contributed by atoms with van der Waals surface area (Å²) in [6.45, 7) is 4.60. The lowest BCUT2D eigenvalue weighted by atomic mass is 9.95. The van der Waals surface area contributed by atoms with Crippen molar-refractivity contribution in [2.24, 2.45) is 0 Å². The number of ether oxygens (including phenoxy) is 1. The van der Waals surface area contributed by atoms with Crippen LogP contribution in [0.4, 0.5) is 4.39 Å². The van der Waals surface area contributed by atoms with Gasteiger partial charge >= 0.3 is 0 Å². The first kappa shape index (κ1) is 22.2. The topological polar surface area (TPSA) is 70.1 Å². The van der Waals surface area contributed by atoms with Crippen LogP contribution in [0.15, 0.2) is 66.8 Å². The van der Waals surface area contributed by atoms with Crippen molar-refractivity contribution in [3.05, 3.63) is 83.7 Å². The van der Waals surface area contributed by atoms with Crippen molar-refractivity contribution in [1.82, 2.24) is 9.80 Å². The molecule has 162 valence electrons. The van der Waals surface area contributed by atoms with Gasteiger partial charge < -0.3 is 19.6 Å². The summed E-state index contributed by atoms with van der Waals surface area (Å²) in [5.74, 6) is -1.94. The summed E-state index contributed by atoms with van der Waals surface area (Å²) in [5.41, 5.74) is 0.361. The summed E-state index contributed by atoms with van der Waals surface area (Å²) in [5, 5.41) is 11.0. The molecule has 0 aromatic heterocycles. The van der Waals surface area contributed by atoms with Gasteiger partial charge in [-0.3, -0.25) is 9.59 Å². The van der Waals surface area contributed by atoms with Gasteiger partial charge in [-0.15, -0.1) is 0 Å². The summed E-state index contributed by atoms with van der Waals surface area (Å²) in [7, 11) is 3.68. The number of likely N-dealkylation sites (tertiary alicyclic amines) is 1. The van der Waals surface area contributed by atoms with E-state index in [2.05, 4.69) is 6.58 Å². The number of nitrogens with zero attached hydrogens (tertiary/aromatic N) is 2. The summed E-state index contributed by atoms with van der Waals surface area (Å²) in [4.78, 5) is 28.9. The zero-order valence-electron chi connectivity index (χ0n) is 17.5. The molecule has 0 aliphatic carbocycles. The molecule has 1 fully saturated rings. The minimum atomic E-state index is -1.02. The van der Waals surface area contributed by atoms with E-state index in [-0.39, 0.29) is 23.4 Å². The minimum absolute atomic E-state index is 0.131. The molecule has 1 N–H and O–H groups in total. The van der Waals surface area contributed by atoms with Gasteiger partial charge in [-0.05, 0) is 44.4 Å². The molecule has 0 radical (unpaired) electrons. The van der Waals surface area contributed by atoms with Crippen molar-refractivity contribution in [2.75, 3.05) is 33.8 Å². The standard InChI is InChI=1S/C24H25FN2O4/c1-4-15-31-17-11-9-16(10-12-17)22(28)20-21(18-7-5-6-8-19(18)25)27(14-13-26(2)3)24(30)23(20)29/h4-12,21,28H,1,13-15H2,2-3H3/t21-/m0/s1. The predicted octanol–water partition coefficient (Wildman–Crippen LogP) is 3.37. The normalized spacial score (nSPS) is 17.9. The average molecular weight is 424 g/mol. The van der Waals surface area contributed by atoms with Crippen LogP contribution in [-0.2, 0) is 9.59 Å². The summed E-state index contributed by atoms with van der Waals surface area (Å²) in [6, 6.07) is 11.4. The molecule has 3 rings (SSSR count). The van der Waals surface area contributed by atoms with Crippen LogP contribution in [-0.4, -0.2) is 60.4 Å². The zero-order valence-corrected chi connectivity index (χ0v) is 17.5. The lowest BCUT2D eigenvalue weighted by Crippen LogP contribution is -2.35. The van der Waals surface area contributed by atoms with E-state index in [9.17, 15) is 19.1 Å². The second-order valence-electron chi connectivity index (χ2n) is 7.44. The molecule has 1 aliphatic rings. The van der Waals surface area contributed by atoms with Gasteiger partial charge in [-0.25, -0.2) is 4.39 Å². The quantitative estimate of drug-likeness (QED) is 0.305. The van der Waals surface area contributed by atoms with E-state index in [1.54, 1.807) is 36.4 Å². The van der Waals surface area contributed by atoms with Crippen LogP contribution in [0.2, 0.25) is 0 Å². The van der Waals surface area contributed by atoms with E-state index >= 15 is 0 Å². The van der Waals surface area contributed by atoms with Crippen molar-refractivity contribution in [3.8, 4) is 5.75 Å². The molecule has 31 heavy (non-hydrogen) atoms. The monoisotopic (exact) mass is 424 g/mol. The lowest BCUT2D eigenvalue weighted by molar-refractivity contribution is -0.140. The van der Waals surface area contributed by atoms with Gasteiger partial charge in [-0.2, -0.15) is 0 Å². The maximum atomic E-state index is 14.7. The molecule has 1 heterocycles. The molecule has 0 saturated carbocycles. The molecular weight excluding hydrogens is 399 g/mol. The molecule has 0 spiro atoms. The molecule has 1 atom stereocenters. The van der Waals surface area contributed by atoms with Crippen molar-refractivity contribution in [1.29, 1.82) is 0 Å². The Labute approximate surface area is 180 Å². The number of likely N-dealkylation sites (N-methyl/N-ethyl adjacent to an activating group) is 1. The fourth-order valence-corrected chi connectivity index (χ4v) is 3.46. The number of ketones is 1. The number of aliphatic hydroxyl groups is 1. The fourth-order valence-electron chi connectivity index (χ4n) is 3.46. The molecule has 6 nitrogen and oxygen atoms in total. The third kappa shape index (κ3) is 4.67. The largest absolute Gasteiger partial charge is 0.507 e. The molecule has 1 amide bonds. The summed E-state index contributed by atoms with van der Waals surface area (Å²) >= 11 is 0. The van der Waals surface area contributed by atoms with Crippen LogP contribution in [0.5, 0.6) is 5.75 Å². The molecule has 0 unspecified atom stereocenters. The van der Waals surface area contributed by atoms with Crippen molar-refractivity contribution in [3.63, 3.8) is 0 Å². The number of carbonyl (C=O) groups excluding carboxylic acids is 2. The zero-order chi connectivity index (χ0) is 22.5. The molecule has 1 saturated heterocycles. The Morgan fingerprint density at radius 1 is 1.19 bits per heavy atom. The van der Waals surface area contributed by atoms with Gasteiger partial charge in [0.25, 0.3) is 11.7 Å². The van der Waals surface area contributed by atoms with E-state index in [0.29, 0.717) is 24.5 Å². The Morgan fingerprint density at radius 2 is 1.87 bits per heavy atom. The van der Waals surface area contributed by atoms with E-state index in [1.807, 2.05) is 19.0 Å². The number of carbonyl (C=O) groups is 2. The Hall–Kier alpha value is -3.45. The second-order valence-corrected chi connectivity index (χ2v) is 7.44. The number of aliphatic hydroxyl groups excluding tert-OH is 1. The third-order valence-electron chi connectivity index (χ3n) is 5.02. The minimum Gasteiger partial charge on any atom is -0.507 e. The highest BCUT2D eigenvalue weighted by Gasteiger charge is 2.46. The number of amides is 1. The highest BCUT2D eigenvalue weighted by Crippen LogP contribution is 2.40. The van der Waals surface area contributed by atoms with Gasteiger partial charge in [0.2, 0.25) is 0 Å². The number of hydrogen-bond acceptors (Lipinski definition) is 5. The van der Waals surface area contributed by atoms with Crippen LogP contribution in [0.1, 0.15) is 17.2 Å². The Kier molecular flexibility index (Phi) is 6.87. The van der Waals surface area contributed by atoms with E-state index < -0.39 is 23.5 Å². The van der Waals surface area contributed by atoms with E-state index in [4.69, 9.17) is 4.74 Å². The van der Waals surface area contributed by atoms with Crippen LogP contribution in [0.3, 0.4) is 0 Å². The van der Waals surface area contributed by atoms with Gasteiger partial charge in [0, 0.05) is 24.2 Å². The number of halogens is 1. The Balaban J connectivity index is 2.08. The Morgan fingerprint density at radius 3 is 2.48 bits per heavy atom. The van der Waals surface area contributed by atoms with Crippen molar-refractivity contribution < 1.29 is 23.8 Å². The van der Waals surface area contributed by atoms with E-state index in [1.165, 1.54) is 23.1 Å². The maximum absolute atomic E-state index is 14.7. The molecular formula is C24H25FN2O4. The average Bonchev–Trinajstić information content (AvgIpc) is 3.01. The summed E-state index contributed by atoms with van der Waals surface area (Å²) < 4.78 is 20.1. The van der Waals surface area contributed by atoms with Gasteiger partial charge in [0.1, 0.15) is 23.9 Å². The van der Waals surface area contributed by atoms with Crippen molar-refractivity contribution >= 4 is 17.4 Å². The first-order valence-corrected chi connectivity index (χ1v) is 9.86. The van der Waals surface area contributed by atoms with Crippen LogP contribution < -0.4 is 4.74 Å². The molecule has 2 aromatic carbocycles. The number of Topliss-reactive ketones (excluding diaryl/α,β-unsaturated/α-hetero) is 1. The van der Waals surface area contributed by atoms with Gasteiger partial charge in [-0.1, -0.05) is 30.9 Å².